The summed E-state index contributed by atoms with van der Waals surface area (Å²) in [6, 6.07) is 24.5. The molecule has 0 spiro atoms. The zero-order valence-electron chi connectivity index (χ0n) is 27.6. The fourth-order valence-electron chi connectivity index (χ4n) is 4.99. The predicted octanol–water partition coefficient (Wildman–Crippen LogP) is 5.36. The number of nitrogens with one attached hydrogen (secondary N) is 4. The summed E-state index contributed by atoms with van der Waals surface area (Å²) in [5.74, 6) is -1.75. The molecule has 0 aliphatic heterocycles. The molecule has 0 fully saturated rings. The first-order chi connectivity index (χ1) is 22.3. The van der Waals surface area contributed by atoms with Crippen LogP contribution in [0.25, 0.3) is 10.9 Å². The van der Waals surface area contributed by atoms with E-state index in [2.05, 4.69) is 20.9 Å². The number of esters is 1. The van der Waals surface area contributed by atoms with Gasteiger partial charge in [0.25, 0.3) is 0 Å². The van der Waals surface area contributed by atoms with E-state index in [1.165, 1.54) is 13.8 Å². The van der Waals surface area contributed by atoms with E-state index in [-0.39, 0.29) is 19.4 Å². The lowest BCUT2D eigenvalue weighted by Gasteiger charge is -2.30. The lowest BCUT2D eigenvalue weighted by Crippen LogP contribution is -2.60. The van der Waals surface area contributed by atoms with Crippen molar-refractivity contribution in [2.45, 2.75) is 83.7 Å². The molecule has 1 heterocycles. The molecule has 3 amide bonds. The van der Waals surface area contributed by atoms with Crippen molar-refractivity contribution >= 4 is 34.8 Å². The predicted molar refractivity (Wildman–Crippen MR) is 180 cm³/mol. The number of aryl methyl sites for hydroxylation is 1. The first kappa shape index (κ1) is 34.7. The van der Waals surface area contributed by atoms with Gasteiger partial charge in [-0.3, -0.25) is 9.59 Å². The number of aromatic amines is 1. The summed E-state index contributed by atoms with van der Waals surface area (Å²) in [6.07, 6.45) is 1.94. The molecule has 2 atom stereocenters. The van der Waals surface area contributed by atoms with Gasteiger partial charge in [0.2, 0.25) is 11.8 Å². The molecular weight excluding hydrogens is 596 g/mol. The highest BCUT2D eigenvalue weighted by atomic mass is 16.6. The van der Waals surface area contributed by atoms with Gasteiger partial charge in [0, 0.05) is 23.5 Å². The Hall–Kier alpha value is -5.12. The molecule has 4 aromatic rings. The summed E-state index contributed by atoms with van der Waals surface area (Å²) < 4.78 is 11.0. The molecule has 0 saturated heterocycles. The van der Waals surface area contributed by atoms with E-state index in [1.807, 2.05) is 84.9 Å². The van der Waals surface area contributed by atoms with Crippen LogP contribution in [-0.4, -0.2) is 52.1 Å². The van der Waals surface area contributed by atoms with E-state index in [4.69, 9.17) is 9.47 Å². The Kier molecular flexibility index (Phi) is 11.4. The van der Waals surface area contributed by atoms with Crippen LogP contribution in [0.4, 0.5) is 4.79 Å². The number of carbonyl (C=O) groups is 4. The van der Waals surface area contributed by atoms with Crippen molar-refractivity contribution in [1.29, 1.82) is 0 Å². The van der Waals surface area contributed by atoms with E-state index < -0.39 is 47.1 Å². The van der Waals surface area contributed by atoms with Crippen molar-refractivity contribution in [2.75, 3.05) is 0 Å². The smallest absolute Gasteiger partial charge is 0.408 e. The Labute approximate surface area is 275 Å². The molecule has 0 radical (unpaired) electrons. The second-order valence-electron chi connectivity index (χ2n) is 13.0. The van der Waals surface area contributed by atoms with E-state index in [9.17, 15) is 19.2 Å². The highest BCUT2D eigenvalue weighted by molar-refractivity contribution is 5.95. The number of H-pyrrole nitrogens is 1. The first-order valence-corrected chi connectivity index (χ1v) is 15.7. The minimum Gasteiger partial charge on any atom is -0.459 e. The zero-order chi connectivity index (χ0) is 34.0. The van der Waals surface area contributed by atoms with Gasteiger partial charge < -0.3 is 30.4 Å². The van der Waals surface area contributed by atoms with Gasteiger partial charge in [-0.15, -0.1) is 0 Å². The molecule has 1 aromatic heterocycles. The Morgan fingerprint density at radius 3 is 2.04 bits per heavy atom. The number of para-hydroxylation sites is 1. The molecule has 1 unspecified atom stereocenters. The van der Waals surface area contributed by atoms with E-state index in [0.29, 0.717) is 6.42 Å². The van der Waals surface area contributed by atoms with Crippen LogP contribution in [0.1, 0.15) is 57.7 Å². The number of amides is 3. The third kappa shape index (κ3) is 10.5. The topological polar surface area (TPSA) is 139 Å². The first-order valence-electron chi connectivity index (χ1n) is 15.7. The number of ether oxygens (including phenoxy) is 2. The lowest BCUT2D eigenvalue weighted by molar-refractivity contribution is -0.149. The second kappa shape index (κ2) is 15.4. The monoisotopic (exact) mass is 640 g/mol. The molecule has 3 aromatic carbocycles. The molecule has 47 heavy (non-hydrogen) atoms. The van der Waals surface area contributed by atoms with Gasteiger partial charge in [-0.2, -0.15) is 0 Å². The van der Waals surface area contributed by atoms with Gasteiger partial charge in [-0.1, -0.05) is 78.9 Å². The fraction of sp³-hybridized carbons (Fsp3) is 0.351. The number of aromatic nitrogens is 1. The molecule has 0 bridgehead atoms. The summed E-state index contributed by atoms with van der Waals surface area (Å²) in [7, 11) is 0. The maximum Gasteiger partial charge on any atom is 0.408 e. The van der Waals surface area contributed by atoms with Gasteiger partial charge in [0.1, 0.15) is 29.8 Å². The van der Waals surface area contributed by atoms with Crippen LogP contribution in [0.2, 0.25) is 0 Å². The van der Waals surface area contributed by atoms with Crippen LogP contribution in [0.3, 0.4) is 0 Å². The summed E-state index contributed by atoms with van der Waals surface area (Å²) in [5.41, 5.74) is 1.30. The maximum absolute atomic E-state index is 14.0. The number of rotatable bonds is 13. The van der Waals surface area contributed by atoms with Crippen molar-refractivity contribution in [1.82, 2.24) is 20.9 Å². The zero-order valence-corrected chi connectivity index (χ0v) is 27.6. The number of benzene rings is 3. The number of hydrogen-bond donors (Lipinski definition) is 4. The molecule has 10 heteroatoms. The Morgan fingerprint density at radius 2 is 1.38 bits per heavy atom. The lowest BCUT2D eigenvalue weighted by atomic mass is 10.00. The van der Waals surface area contributed by atoms with E-state index >= 15 is 0 Å². The van der Waals surface area contributed by atoms with Crippen LogP contribution in [-0.2, 0) is 43.3 Å². The second-order valence-corrected chi connectivity index (χ2v) is 13.0. The standard InChI is InChI=1S/C37H44N4O6/c1-36(2,3)47-35(45)41-37(4,5)34(44)40-31(22-27-23-38-29-19-13-12-18-28(27)29)32(42)39-30(21-20-25-14-8-6-9-15-25)33(43)46-24-26-16-10-7-11-17-26/h6-19,23,30-31,38H,20-22,24H2,1-5H3,(H,39,42)(H,40,44)(H,41,45)/t30-,31?/m0/s1. The van der Waals surface area contributed by atoms with Gasteiger partial charge in [-0.05, 0) is 70.2 Å². The minimum absolute atomic E-state index is 0.0530. The average Bonchev–Trinajstić information content (AvgIpc) is 3.43. The van der Waals surface area contributed by atoms with Crippen LogP contribution in [0.15, 0.2) is 91.1 Å². The summed E-state index contributed by atoms with van der Waals surface area (Å²) in [5, 5.41) is 9.17. The summed E-state index contributed by atoms with van der Waals surface area (Å²) in [4.78, 5) is 56.8. The Balaban J connectivity index is 1.56. The normalized spacial score (nSPS) is 12.9. The highest BCUT2D eigenvalue weighted by Gasteiger charge is 2.36. The van der Waals surface area contributed by atoms with Crippen molar-refractivity contribution in [3.8, 4) is 0 Å². The number of carbonyl (C=O) groups excluding carboxylic acids is 4. The van der Waals surface area contributed by atoms with Crippen LogP contribution >= 0.6 is 0 Å². The number of alkyl carbamates (subject to hydrolysis) is 1. The van der Waals surface area contributed by atoms with E-state index in [0.717, 1.165) is 27.6 Å². The van der Waals surface area contributed by atoms with Gasteiger partial charge in [-0.25, -0.2) is 9.59 Å². The average molecular weight is 641 g/mol. The summed E-state index contributed by atoms with van der Waals surface area (Å²) >= 11 is 0. The van der Waals surface area contributed by atoms with E-state index in [1.54, 1.807) is 27.0 Å². The molecule has 4 rings (SSSR count). The molecule has 0 aliphatic carbocycles. The minimum atomic E-state index is -1.43. The Morgan fingerprint density at radius 1 is 0.766 bits per heavy atom. The fourth-order valence-corrected chi connectivity index (χ4v) is 4.99. The third-order valence-corrected chi connectivity index (χ3v) is 7.49. The van der Waals surface area contributed by atoms with Gasteiger partial charge in [0.05, 0.1) is 0 Å². The number of hydrogen-bond acceptors (Lipinski definition) is 6. The van der Waals surface area contributed by atoms with Crippen molar-refractivity contribution in [2.24, 2.45) is 0 Å². The highest BCUT2D eigenvalue weighted by Crippen LogP contribution is 2.20. The molecular formula is C37H44N4O6. The molecule has 0 saturated carbocycles. The molecule has 10 nitrogen and oxygen atoms in total. The molecule has 248 valence electrons. The molecule has 4 N–H and O–H groups in total. The van der Waals surface area contributed by atoms with Crippen molar-refractivity contribution in [3.05, 3.63) is 108 Å². The number of fused-ring (bicyclic) bond motifs is 1. The van der Waals surface area contributed by atoms with Crippen molar-refractivity contribution < 1.29 is 28.7 Å². The SMILES string of the molecule is CC(C)(C)OC(=O)NC(C)(C)C(=O)NC(Cc1c[nH]c2ccccc12)C(=O)N[C@@H](CCc1ccccc1)C(=O)OCc1ccccc1. The Bertz CT molecular complexity index is 1660. The van der Waals surface area contributed by atoms with Crippen molar-refractivity contribution in [3.63, 3.8) is 0 Å². The van der Waals surface area contributed by atoms with Gasteiger partial charge >= 0.3 is 12.1 Å². The quantitative estimate of drug-likeness (QED) is 0.145. The van der Waals surface area contributed by atoms with Gasteiger partial charge in [0.15, 0.2) is 0 Å². The molecule has 0 aliphatic rings. The third-order valence-electron chi connectivity index (χ3n) is 7.49. The van der Waals surface area contributed by atoms with Crippen LogP contribution in [0.5, 0.6) is 0 Å². The van der Waals surface area contributed by atoms with Crippen LogP contribution in [0, 0.1) is 0 Å². The van der Waals surface area contributed by atoms with Crippen LogP contribution < -0.4 is 16.0 Å². The summed E-state index contributed by atoms with van der Waals surface area (Å²) in [6.45, 7) is 8.27. The maximum atomic E-state index is 14.0. The largest absolute Gasteiger partial charge is 0.459 e.